The van der Waals surface area contributed by atoms with Crippen LogP contribution in [0.4, 0.5) is 5.69 Å². The molecule has 1 aromatic heterocycles. The molecule has 2 nitrogen and oxygen atoms in total. The van der Waals surface area contributed by atoms with Gasteiger partial charge in [-0.05, 0) is 49.3 Å². The zero-order valence-corrected chi connectivity index (χ0v) is 15.9. The summed E-state index contributed by atoms with van der Waals surface area (Å²) in [5.41, 5.74) is 6.38. The Morgan fingerprint density at radius 2 is 1.73 bits per heavy atom. The van der Waals surface area contributed by atoms with E-state index in [1.807, 2.05) is 0 Å². The van der Waals surface area contributed by atoms with E-state index in [1.165, 1.54) is 33.3 Å². The van der Waals surface area contributed by atoms with E-state index in [2.05, 4.69) is 102 Å². The summed E-state index contributed by atoms with van der Waals surface area (Å²) in [6.45, 7) is 6.32. The molecule has 3 aromatic rings. The number of pyridine rings is 1. The number of hydrogen-bond acceptors (Lipinski definition) is 1. The summed E-state index contributed by atoms with van der Waals surface area (Å²) in [7, 11) is 0. The number of fused-ring (bicyclic) bond motifs is 2. The van der Waals surface area contributed by atoms with Crippen LogP contribution in [0.15, 0.2) is 73.1 Å². The summed E-state index contributed by atoms with van der Waals surface area (Å²) >= 11 is 0. The number of hydrogen-bond donors (Lipinski definition) is 0. The summed E-state index contributed by atoms with van der Waals surface area (Å²) < 4.78 is 2.29. The van der Waals surface area contributed by atoms with Gasteiger partial charge in [0.05, 0.1) is 5.39 Å². The van der Waals surface area contributed by atoms with Crippen molar-refractivity contribution in [3.05, 3.63) is 84.2 Å². The van der Waals surface area contributed by atoms with Gasteiger partial charge in [-0.25, -0.2) is 0 Å². The molecule has 0 spiro atoms. The Hall–Kier alpha value is -2.58. The maximum absolute atomic E-state index is 2.31. The van der Waals surface area contributed by atoms with Crippen LogP contribution in [0.3, 0.4) is 0 Å². The van der Waals surface area contributed by atoms with Crippen LogP contribution in [0.25, 0.3) is 22.6 Å². The van der Waals surface area contributed by atoms with Crippen LogP contribution in [-0.2, 0) is 6.54 Å². The quantitative estimate of drug-likeness (QED) is 0.647. The number of para-hydroxylation sites is 2. The molecule has 0 fully saturated rings. The summed E-state index contributed by atoms with van der Waals surface area (Å²) in [6.07, 6.45) is 8.91. The fourth-order valence-electron chi connectivity index (χ4n) is 3.59. The van der Waals surface area contributed by atoms with Crippen LogP contribution in [0, 0.1) is 0 Å². The average Bonchev–Trinajstić information content (AvgIpc) is 2.68. The standard InChI is InChI=1S/C23H23N2.ClH/c1-3-24-15-13-18(20-9-5-7-11-22(20)24)17-19-14-16-25(4-2)23-12-8-6-10-21(19)23;/h5-17H,3-4H2,1-2H3;1H/q+1;/p-1. The number of anilines is 1. The van der Waals surface area contributed by atoms with Crippen LogP contribution in [0.2, 0.25) is 0 Å². The van der Waals surface area contributed by atoms with Gasteiger partial charge in [-0.1, -0.05) is 30.3 Å². The fraction of sp³-hybridized carbons (Fsp3) is 0.174. The highest BCUT2D eigenvalue weighted by Crippen LogP contribution is 2.34. The van der Waals surface area contributed by atoms with Crippen LogP contribution in [-0.4, -0.2) is 6.54 Å². The number of aryl methyl sites for hydroxylation is 1. The highest BCUT2D eigenvalue weighted by molar-refractivity contribution is 5.99. The Morgan fingerprint density at radius 1 is 0.962 bits per heavy atom. The van der Waals surface area contributed by atoms with E-state index in [0.29, 0.717) is 0 Å². The van der Waals surface area contributed by atoms with Crippen molar-refractivity contribution in [3.8, 4) is 0 Å². The van der Waals surface area contributed by atoms with Gasteiger partial charge >= 0.3 is 0 Å². The van der Waals surface area contributed by atoms with Gasteiger partial charge in [0.2, 0.25) is 5.52 Å². The molecule has 0 atom stereocenters. The average molecular weight is 363 g/mol. The van der Waals surface area contributed by atoms with E-state index in [0.717, 1.165) is 13.1 Å². The summed E-state index contributed by atoms with van der Waals surface area (Å²) in [5, 5.41) is 1.29. The van der Waals surface area contributed by atoms with Crippen LogP contribution in [0.1, 0.15) is 25.0 Å². The highest BCUT2D eigenvalue weighted by atomic mass is 35.5. The number of halogens is 1. The van der Waals surface area contributed by atoms with Gasteiger partial charge in [0.25, 0.3) is 0 Å². The first kappa shape index (κ1) is 18.2. The van der Waals surface area contributed by atoms with Crippen molar-refractivity contribution in [2.45, 2.75) is 20.4 Å². The molecular formula is C23H23ClN2. The van der Waals surface area contributed by atoms with Gasteiger partial charge in [0.1, 0.15) is 6.54 Å². The van der Waals surface area contributed by atoms with E-state index >= 15 is 0 Å². The molecule has 3 heteroatoms. The van der Waals surface area contributed by atoms with Crippen molar-refractivity contribution in [2.75, 3.05) is 11.4 Å². The summed E-state index contributed by atoms with van der Waals surface area (Å²) in [6, 6.07) is 19.5. The Morgan fingerprint density at radius 3 is 2.54 bits per heavy atom. The van der Waals surface area contributed by atoms with Gasteiger partial charge in [0.15, 0.2) is 6.20 Å². The number of benzene rings is 2. The molecule has 0 bridgehead atoms. The molecule has 1 aliphatic heterocycles. The smallest absolute Gasteiger partial charge is 0.213 e. The van der Waals surface area contributed by atoms with Gasteiger partial charge in [0, 0.05) is 36.1 Å². The van der Waals surface area contributed by atoms with Crippen molar-refractivity contribution in [2.24, 2.45) is 0 Å². The molecule has 4 rings (SSSR count). The molecule has 1 aliphatic rings. The molecule has 0 saturated heterocycles. The van der Waals surface area contributed by atoms with E-state index in [4.69, 9.17) is 0 Å². The normalized spacial score (nSPS) is 14.4. The maximum atomic E-state index is 2.31. The third-order valence-corrected chi connectivity index (χ3v) is 4.91. The number of rotatable bonds is 3. The monoisotopic (exact) mass is 362 g/mol. The lowest BCUT2D eigenvalue weighted by molar-refractivity contribution is -0.667. The molecule has 26 heavy (non-hydrogen) atoms. The van der Waals surface area contributed by atoms with Gasteiger partial charge in [-0.15, -0.1) is 0 Å². The summed E-state index contributed by atoms with van der Waals surface area (Å²) in [4.78, 5) is 2.29. The molecule has 0 amide bonds. The zero-order valence-electron chi connectivity index (χ0n) is 15.2. The van der Waals surface area contributed by atoms with Gasteiger partial charge in [-0.3, -0.25) is 0 Å². The maximum Gasteiger partial charge on any atom is 0.213 e. The second-order valence-corrected chi connectivity index (χ2v) is 6.29. The van der Waals surface area contributed by atoms with Crippen molar-refractivity contribution >= 4 is 28.2 Å². The third-order valence-electron chi connectivity index (χ3n) is 4.91. The first-order chi connectivity index (χ1) is 12.3. The van der Waals surface area contributed by atoms with Gasteiger partial charge < -0.3 is 17.3 Å². The van der Waals surface area contributed by atoms with Gasteiger partial charge in [-0.2, -0.15) is 4.57 Å². The second-order valence-electron chi connectivity index (χ2n) is 6.29. The van der Waals surface area contributed by atoms with E-state index < -0.39 is 0 Å². The largest absolute Gasteiger partial charge is 1.00 e. The third kappa shape index (κ3) is 3.13. The first-order valence-corrected chi connectivity index (χ1v) is 8.99. The van der Waals surface area contributed by atoms with E-state index in [9.17, 15) is 0 Å². The molecule has 0 saturated carbocycles. The number of allylic oxidation sites excluding steroid dienone is 2. The van der Waals surface area contributed by atoms with Crippen LogP contribution >= 0.6 is 0 Å². The molecule has 2 heterocycles. The topological polar surface area (TPSA) is 7.12 Å². The van der Waals surface area contributed by atoms with Crippen molar-refractivity contribution in [1.29, 1.82) is 0 Å². The van der Waals surface area contributed by atoms with Crippen molar-refractivity contribution < 1.29 is 17.0 Å². The molecule has 0 unspecified atom stereocenters. The zero-order chi connectivity index (χ0) is 17.2. The SMILES string of the molecule is CCN1C=C/C(=C\c2cc[n+](CC)c3ccccc23)c2ccccc21.[Cl-]. The predicted molar refractivity (Wildman–Crippen MR) is 106 cm³/mol. The first-order valence-electron chi connectivity index (χ1n) is 8.99. The second kappa shape index (κ2) is 7.76. The van der Waals surface area contributed by atoms with Crippen LogP contribution in [0.5, 0.6) is 0 Å². The van der Waals surface area contributed by atoms with E-state index in [-0.39, 0.29) is 12.4 Å². The van der Waals surface area contributed by atoms with Crippen molar-refractivity contribution in [1.82, 2.24) is 0 Å². The van der Waals surface area contributed by atoms with Crippen molar-refractivity contribution in [3.63, 3.8) is 0 Å². The highest BCUT2D eigenvalue weighted by Gasteiger charge is 2.16. The summed E-state index contributed by atoms with van der Waals surface area (Å²) in [5.74, 6) is 0. The Kier molecular flexibility index (Phi) is 5.43. The lowest BCUT2D eigenvalue weighted by Gasteiger charge is -2.26. The lowest BCUT2D eigenvalue weighted by Crippen LogP contribution is -3.00. The Bertz CT molecular complexity index is 988. The minimum absolute atomic E-state index is 0. The Labute approximate surface area is 161 Å². The Balaban J connectivity index is 0.00000196. The van der Waals surface area contributed by atoms with Crippen LogP contribution < -0.4 is 21.9 Å². The minimum atomic E-state index is 0. The molecular weight excluding hydrogens is 340 g/mol. The molecule has 132 valence electrons. The molecule has 2 aromatic carbocycles. The molecule has 0 radical (unpaired) electrons. The molecule has 0 N–H and O–H groups in total. The fourth-order valence-corrected chi connectivity index (χ4v) is 3.59. The number of nitrogens with zero attached hydrogens (tertiary/aromatic N) is 2. The molecule has 0 aliphatic carbocycles. The predicted octanol–water partition coefficient (Wildman–Crippen LogP) is 2.05. The minimum Gasteiger partial charge on any atom is -1.00 e. The lowest BCUT2D eigenvalue weighted by atomic mass is 9.96. The van der Waals surface area contributed by atoms with E-state index in [1.54, 1.807) is 0 Å². The number of aromatic nitrogens is 1.